The molecule has 0 aliphatic heterocycles. The Bertz CT molecular complexity index is 737. The molecule has 0 aliphatic rings. The molecule has 0 radical (unpaired) electrons. The van der Waals surface area contributed by atoms with E-state index in [1.807, 2.05) is 35.9 Å². The predicted octanol–water partition coefficient (Wildman–Crippen LogP) is 3.51. The van der Waals surface area contributed by atoms with Crippen molar-refractivity contribution in [1.82, 2.24) is 14.4 Å². The zero-order valence-electron chi connectivity index (χ0n) is 11.0. The first-order valence-corrected chi connectivity index (χ1v) is 7.44. The van der Waals surface area contributed by atoms with Crippen molar-refractivity contribution in [3.63, 3.8) is 0 Å². The first-order chi connectivity index (χ1) is 9.76. The number of nitrogens with one attached hydrogen (secondary N) is 2. The monoisotopic (exact) mass is 379 g/mol. The largest absolute Gasteiger partial charge is 0.369 e. The Morgan fingerprint density at radius 1 is 1.35 bits per heavy atom. The molecule has 5 nitrogen and oxygen atoms in total. The molecule has 0 spiro atoms. The van der Waals surface area contributed by atoms with Crippen LogP contribution >= 0.6 is 22.6 Å². The van der Waals surface area contributed by atoms with Gasteiger partial charge in [0.1, 0.15) is 5.82 Å². The second-order valence-electron chi connectivity index (χ2n) is 4.30. The van der Waals surface area contributed by atoms with Crippen LogP contribution in [-0.2, 0) is 0 Å². The van der Waals surface area contributed by atoms with Crippen LogP contribution in [0.15, 0.2) is 42.9 Å². The summed E-state index contributed by atoms with van der Waals surface area (Å²) in [5.74, 6) is 1.57. The molecular weight excluding hydrogens is 365 g/mol. The molecule has 0 saturated carbocycles. The fraction of sp³-hybridized carbons (Fsp3) is 0.143. The maximum absolute atomic E-state index is 4.58. The molecule has 3 aromatic rings. The number of halogens is 1. The Kier molecular flexibility index (Phi) is 3.72. The molecule has 0 saturated heterocycles. The van der Waals surface area contributed by atoms with Crippen LogP contribution in [0.2, 0.25) is 0 Å². The number of imidazole rings is 1. The van der Waals surface area contributed by atoms with Crippen molar-refractivity contribution in [3.8, 4) is 0 Å². The van der Waals surface area contributed by atoms with E-state index in [1.165, 1.54) is 3.57 Å². The average molecular weight is 379 g/mol. The third-order valence-corrected chi connectivity index (χ3v) is 3.49. The molecule has 1 aromatic carbocycles. The summed E-state index contributed by atoms with van der Waals surface area (Å²) in [6.07, 6.45) is 5.62. The number of hydrogen-bond donors (Lipinski definition) is 2. The quantitative estimate of drug-likeness (QED) is 0.682. The van der Waals surface area contributed by atoms with Crippen LogP contribution in [0.4, 0.5) is 17.3 Å². The van der Waals surface area contributed by atoms with Gasteiger partial charge in [-0.25, -0.2) is 9.97 Å². The lowest BCUT2D eigenvalue weighted by molar-refractivity contribution is 1.09. The highest BCUT2D eigenvalue weighted by Gasteiger charge is 2.07. The minimum Gasteiger partial charge on any atom is -0.369 e. The molecule has 2 N–H and O–H groups in total. The van der Waals surface area contributed by atoms with Crippen molar-refractivity contribution in [3.05, 3.63) is 46.4 Å². The first-order valence-electron chi connectivity index (χ1n) is 6.36. The van der Waals surface area contributed by atoms with Crippen LogP contribution in [0, 0.1) is 3.57 Å². The highest BCUT2D eigenvalue weighted by molar-refractivity contribution is 14.1. The number of benzene rings is 1. The molecule has 20 heavy (non-hydrogen) atoms. The third-order valence-electron chi connectivity index (χ3n) is 2.82. The summed E-state index contributed by atoms with van der Waals surface area (Å²) in [7, 11) is 0. The molecule has 6 heteroatoms. The van der Waals surface area contributed by atoms with Crippen molar-refractivity contribution in [2.75, 3.05) is 17.2 Å². The highest BCUT2D eigenvalue weighted by atomic mass is 127. The summed E-state index contributed by atoms with van der Waals surface area (Å²) < 4.78 is 3.14. The van der Waals surface area contributed by atoms with Crippen LogP contribution in [0.1, 0.15) is 6.92 Å². The summed E-state index contributed by atoms with van der Waals surface area (Å²) >= 11 is 2.29. The fourth-order valence-corrected chi connectivity index (χ4v) is 2.53. The van der Waals surface area contributed by atoms with Crippen molar-refractivity contribution in [2.45, 2.75) is 6.92 Å². The Labute approximate surface area is 130 Å². The summed E-state index contributed by atoms with van der Waals surface area (Å²) in [5, 5.41) is 6.56. The van der Waals surface area contributed by atoms with Gasteiger partial charge < -0.3 is 15.0 Å². The van der Waals surface area contributed by atoms with E-state index in [0.717, 1.165) is 29.5 Å². The van der Waals surface area contributed by atoms with Gasteiger partial charge in [-0.15, -0.1) is 0 Å². The minimum absolute atomic E-state index is 0.746. The minimum atomic E-state index is 0.746. The molecule has 0 unspecified atom stereocenters. The van der Waals surface area contributed by atoms with E-state index in [4.69, 9.17) is 0 Å². The number of hydrogen-bond acceptors (Lipinski definition) is 4. The van der Waals surface area contributed by atoms with Crippen LogP contribution in [0.25, 0.3) is 5.65 Å². The van der Waals surface area contributed by atoms with E-state index < -0.39 is 0 Å². The van der Waals surface area contributed by atoms with Crippen LogP contribution in [-0.4, -0.2) is 20.9 Å². The van der Waals surface area contributed by atoms with Crippen molar-refractivity contribution in [1.29, 1.82) is 0 Å². The Balaban J connectivity index is 2.02. The van der Waals surface area contributed by atoms with Crippen LogP contribution < -0.4 is 10.6 Å². The van der Waals surface area contributed by atoms with E-state index in [-0.39, 0.29) is 0 Å². The zero-order valence-corrected chi connectivity index (χ0v) is 13.1. The number of nitrogens with zero attached hydrogens (tertiary/aromatic N) is 3. The van der Waals surface area contributed by atoms with Gasteiger partial charge in [-0.1, -0.05) is 6.07 Å². The van der Waals surface area contributed by atoms with Crippen molar-refractivity contribution < 1.29 is 0 Å². The topological polar surface area (TPSA) is 54.2 Å². The normalized spacial score (nSPS) is 10.7. The van der Waals surface area contributed by atoms with Gasteiger partial charge in [-0.2, -0.15) is 0 Å². The predicted molar refractivity (Wildman–Crippen MR) is 89.6 cm³/mol. The van der Waals surface area contributed by atoms with Gasteiger partial charge >= 0.3 is 0 Å². The maximum atomic E-state index is 4.58. The highest BCUT2D eigenvalue weighted by Crippen LogP contribution is 2.22. The first kappa shape index (κ1) is 13.2. The van der Waals surface area contributed by atoms with Gasteiger partial charge in [0.15, 0.2) is 11.5 Å². The van der Waals surface area contributed by atoms with E-state index in [9.17, 15) is 0 Å². The van der Waals surface area contributed by atoms with E-state index >= 15 is 0 Å². The van der Waals surface area contributed by atoms with Gasteiger partial charge in [0.25, 0.3) is 0 Å². The SMILES string of the molecule is CCNc1cn2ccnc2c(Nc2cccc(I)c2)n1. The van der Waals surface area contributed by atoms with Crippen LogP contribution in [0.3, 0.4) is 0 Å². The lowest BCUT2D eigenvalue weighted by Gasteiger charge is -2.10. The second-order valence-corrected chi connectivity index (χ2v) is 5.54. The molecule has 0 atom stereocenters. The molecule has 0 amide bonds. The molecule has 3 rings (SSSR count). The van der Waals surface area contributed by atoms with Crippen molar-refractivity contribution >= 4 is 45.6 Å². The smallest absolute Gasteiger partial charge is 0.180 e. The summed E-state index contributed by atoms with van der Waals surface area (Å²) in [5.41, 5.74) is 1.81. The lowest BCUT2D eigenvalue weighted by Crippen LogP contribution is -2.05. The molecule has 2 aromatic heterocycles. The number of anilines is 3. The number of fused-ring (bicyclic) bond motifs is 1. The molecule has 2 heterocycles. The lowest BCUT2D eigenvalue weighted by atomic mass is 10.3. The average Bonchev–Trinajstić information content (AvgIpc) is 2.87. The van der Waals surface area contributed by atoms with Gasteiger partial charge in [0.05, 0.1) is 6.20 Å². The molecule has 0 fully saturated rings. The second kappa shape index (κ2) is 5.66. The van der Waals surface area contributed by atoms with Gasteiger partial charge in [0.2, 0.25) is 0 Å². The van der Waals surface area contributed by atoms with Gasteiger partial charge in [-0.05, 0) is 47.7 Å². The maximum Gasteiger partial charge on any atom is 0.180 e. The Morgan fingerprint density at radius 3 is 3.05 bits per heavy atom. The van der Waals surface area contributed by atoms with E-state index in [0.29, 0.717) is 0 Å². The van der Waals surface area contributed by atoms with E-state index in [1.54, 1.807) is 6.20 Å². The third kappa shape index (κ3) is 2.69. The van der Waals surface area contributed by atoms with E-state index in [2.05, 4.69) is 55.3 Å². The summed E-state index contributed by atoms with van der Waals surface area (Å²) in [4.78, 5) is 8.93. The summed E-state index contributed by atoms with van der Waals surface area (Å²) in [6, 6.07) is 8.16. The molecule has 102 valence electrons. The number of aromatic nitrogens is 3. The zero-order chi connectivity index (χ0) is 13.9. The van der Waals surface area contributed by atoms with Gasteiger partial charge in [0, 0.05) is 28.2 Å². The summed E-state index contributed by atoms with van der Waals surface area (Å²) in [6.45, 7) is 2.88. The molecule has 0 bridgehead atoms. The van der Waals surface area contributed by atoms with Gasteiger partial charge in [-0.3, -0.25) is 0 Å². The Hall–Kier alpha value is -1.83. The standard InChI is InChI=1S/C14H14IN5/c1-2-16-12-9-20-7-6-17-14(20)13(19-12)18-11-5-3-4-10(15)8-11/h3-9,16H,2H2,1H3,(H,18,19). The molecule has 0 aliphatic carbocycles. The fourth-order valence-electron chi connectivity index (χ4n) is 1.98. The van der Waals surface area contributed by atoms with Crippen LogP contribution in [0.5, 0.6) is 0 Å². The van der Waals surface area contributed by atoms with Crippen molar-refractivity contribution in [2.24, 2.45) is 0 Å². The Morgan fingerprint density at radius 2 is 2.25 bits per heavy atom. The number of rotatable bonds is 4. The molecular formula is C14H14IN5.